The number of halogens is 1. The van der Waals surface area contributed by atoms with Crippen LogP contribution in [0.4, 0.5) is 5.69 Å². The number of amides is 1. The number of hydrogen-bond donors (Lipinski definition) is 1. The first-order valence-corrected chi connectivity index (χ1v) is 8.84. The molecular weight excluding hydrogens is 361 g/mol. The smallest absolute Gasteiger partial charge is 0.227 e. The van der Waals surface area contributed by atoms with Crippen molar-refractivity contribution in [3.8, 4) is 0 Å². The number of carbonyl (C=O) groups excluding carboxylic acids is 1. The first-order valence-electron chi connectivity index (χ1n) is 7.76. The van der Waals surface area contributed by atoms with Gasteiger partial charge in [0, 0.05) is 9.49 Å². The molecule has 1 aliphatic rings. The molecule has 0 radical (unpaired) electrons. The second-order valence-electron chi connectivity index (χ2n) is 5.83. The van der Waals surface area contributed by atoms with Crippen molar-refractivity contribution in [3.63, 3.8) is 0 Å². The minimum absolute atomic E-state index is 0.211. The fraction of sp³-hybridized carbons (Fsp3) is 0.588. The number of unbranched alkanes of at least 4 members (excludes halogenated alkanes) is 1. The third-order valence-electron chi connectivity index (χ3n) is 4.32. The summed E-state index contributed by atoms with van der Waals surface area (Å²) in [5.74, 6) is 1.28. The molecule has 0 spiro atoms. The number of benzene rings is 1. The van der Waals surface area contributed by atoms with Crippen molar-refractivity contribution in [1.29, 1.82) is 0 Å². The van der Waals surface area contributed by atoms with Gasteiger partial charge in [-0.15, -0.1) is 0 Å². The van der Waals surface area contributed by atoms with Gasteiger partial charge in [0.05, 0.1) is 5.69 Å². The van der Waals surface area contributed by atoms with E-state index in [1.807, 2.05) is 24.3 Å². The van der Waals surface area contributed by atoms with Gasteiger partial charge < -0.3 is 5.32 Å². The Bertz CT molecular complexity index is 438. The van der Waals surface area contributed by atoms with E-state index in [2.05, 4.69) is 34.8 Å². The van der Waals surface area contributed by atoms with Crippen molar-refractivity contribution in [2.24, 2.45) is 11.8 Å². The summed E-state index contributed by atoms with van der Waals surface area (Å²) in [6.45, 7) is 2.25. The average molecular weight is 385 g/mol. The molecule has 0 aliphatic heterocycles. The Labute approximate surface area is 135 Å². The highest BCUT2D eigenvalue weighted by atomic mass is 127. The second-order valence-corrected chi connectivity index (χ2v) is 6.99. The first kappa shape index (κ1) is 15.8. The van der Waals surface area contributed by atoms with Crippen LogP contribution in [0.25, 0.3) is 0 Å². The monoisotopic (exact) mass is 385 g/mol. The van der Waals surface area contributed by atoms with Crippen molar-refractivity contribution < 1.29 is 4.79 Å². The summed E-state index contributed by atoms with van der Waals surface area (Å²) >= 11 is 2.27. The molecule has 110 valence electrons. The minimum atomic E-state index is 0.211. The summed E-state index contributed by atoms with van der Waals surface area (Å²) in [4.78, 5) is 12.3. The maximum atomic E-state index is 12.3. The molecule has 1 aromatic carbocycles. The number of carbonyl (C=O) groups is 1. The molecule has 1 aromatic rings. The van der Waals surface area contributed by atoms with E-state index in [-0.39, 0.29) is 11.8 Å². The Morgan fingerprint density at radius 2 is 1.95 bits per heavy atom. The average Bonchev–Trinajstić information content (AvgIpc) is 2.48. The Hall–Kier alpha value is -0.580. The van der Waals surface area contributed by atoms with Crippen molar-refractivity contribution in [3.05, 3.63) is 27.8 Å². The van der Waals surface area contributed by atoms with Crippen molar-refractivity contribution >= 4 is 34.2 Å². The molecule has 1 aliphatic carbocycles. The van der Waals surface area contributed by atoms with E-state index in [1.54, 1.807) is 0 Å². The largest absolute Gasteiger partial charge is 0.325 e. The van der Waals surface area contributed by atoms with Gasteiger partial charge in [-0.25, -0.2) is 0 Å². The van der Waals surface area contributed by atoms with Gasteiger partial charge in [-0.05, 0) is 66.3 Å². The van der Waals surface area contributed by atoms with E-state index in [1.165, 1.54) is 32.1 Å². The number of para-hydroxylation sites is 1. The van der Waals surface area contributed by atoms with Crippen LogP contribution in [0.15, 0.2) is 24.3 Å². The molecule has 0 bridgehead atoms. The summed E-state index contributed by atoms with van der Waals surface area (Å²) in [5.41, 5.74) is 0.950. The normalized spacial score (nSPS) is 22.5. The van der Waals surface area contributed by atoms with Crippen LogP contribution in [-0.2, 0) is 4.79 Å². The lowest BCUT2D eigenvalue weighted by Gasteiger charge is -2.27. The molecule has 20 heavy (non-hydrogen) atoms. The molecule has 1 saturated carbocycles. The van der Waals surface area contributed by atoms with E-state index in [9.17, 15) is 4.79 Å². The van der Waals surface area contributed by atoms with E-state index in [4.69, 9.17) is 0 Å². The third kappa shape index (κ3) is 4.47. The standard InChI is InChI=1S/C17H24INO/c1-2-3-6-13-9-11-14(12-10-13)17(20)19-16-8-5-4-7-15(16)18/h4-5,7-8,13-14H,2-3,6,9-12H2,1H3,(H,19,20). The molecule has 2 rings (SSSR count). The zero-order valence-electron chi connectivity index (χ0n) is 12.2. The van der Waals surface area contributed by atoms with Crippen molar-refractivity contribution in [1.82, 2.24) is 0 Å². The number of anilines is 1. The number of hydrogen-bond acceptors (Lipinski definition) is 1. The summed E-state index contributed by atoms with van der Waals surface area (Å²) < 4.78 is 1.11. The highest BCUT2D eigenvalue weighted by molar-refractivity contribution is 14.1. The molecule has 0 unspecified atom stereocenters. The number of nitrogens with one attached hydrogen (secondary N) is 1. The van der Waals surface area contributed by atoms with Crippen LogP contribution in [0.3, 0.4) is 0 Å². The van der Waals surface area contributed by atoms with E-state index < -0.39 is 0 Å². The van der Waals surface area contributed by atoms with Crippen LogP contribution in [0.1, 0.15) is 51.9 Å². The van der Waals surface area contributed by atoms with Gasteiger partial charge >= 0.3 is 0 Å². The first-order chi connectivity index (χ1) is 9.70. The van der Waals surface area contributed by atoms with E-state index >= 15 is 0 Å². The Balaban J connectivity index is 1.82. The van der Waals surface area contributed by atoms with Gasteiger partial charge in [0.15, 0.2) is 0 Å². The molecule has 0 aromatic heterocycles. The van der Waals surface area contributed by atoms with Crippen LogP contribution in [0.5, 0.6) is 0 Å². The van der Waals surface area contributed by atoms with Crippen molar-refractivity contribution in [2.45, 2.75) is 51.9 Å². The van der Waals surface area contributed by atoms with Gasteiger partial charge in [-0.2, -0.15) is 0 Å². The van der Waals surface area contributed by atoms with Crippen LogP contribution in [0, 0.1) is 15.4 Å². The fourth-order valence-electron chi connectivity index (χ4n) is 3.00. The quantitative estimate of drug-likeness (QED) is 0.692. The maximum Gasteiger partial charge on any atom is 0.227 e. The maximum absolute atomic E-state index is 12.3. The lowest BCUT2D eigenvalue weighted by atomic mass is 9.79. The van der Waals surface area contributed by atoms with Gasteiger partial charge in [0.1, 0.15) is 0 Å². The summed E-state index contributed by atoms with van der Waals surface area (Å²) in [5, 5.41) is 3.09. The molecule has 1 N–H and O–H groups in total. The highest BCUT2D eigenvalue weighted by Gasteiger charge is 2.26. The Kier molecular flexibility index (Phi) is 6.33. The lowest BCUT2D eigenvalue weighted by molar-refractivity contribution is -0.121. The van der Waals surface area contributed by atoms with Crippen LogP contribution >= 0.6 is 22.6 Å². The Morgan fingerprint density at radius 3 is 2.60 bits per heavy atom. The summed E-state index contributed by atoms with van der Waals surface area (Å²) in [7, 11) is 0. The van der Waals surface area contributed by atoms with Crippen LogP contribution in [-0.4, -0.2) is 5.91 Å². The minimum Gasteiger partial charge on any atom is -0.325 e. The van der Waals surface area contributed by atoms with Crippen molar-refractivity contribution in [2.75, 3.05) is 5.32 Å². The van der Waals surface area contributed by atoms with Gasteiger partial charge in [-0.1, -0.05) is 38.3 Å². The zero-order chi connectivity index (χ0) is 14.4. The molecule has 0 atom stereocenters. The van der Waals surface area contributed by atoms with Crippen LogP contribution in [0.2, 0.25) is 0 Å². The van der Waals surface area contributed by atoms with Gasteiger partial charge in [-0.3, -0.25) is 4.79 Å². The Morgan fingerprint density at radius 1 is 1.25 bits per heavy atom. The van der Waals surface area contributed by atoms with E-state index in [0.29, 0.717) is 0 Å². The molecule has 0 heterocycles. The number of rotatable bonds is 5. The summed E-state index contributed by atoms with van der Waals surface area (Å²) in [6.07, 6.45) is 8.54. The SMILES string of the molecule is CCCCC1CCC(C(=O)Nc2ccccc2I)CC1. The predicted octanol–water partition coefficient (Wildman–Crippen LogP) is 5.23. The van der Waals surface area contributed by atoms with Gasteiger partial charge in [0.25, 0.3) is 0 Å². The van der Waals surface area contributed by atoms with E-state index in [0.717, 1.165) is 28.0 Å². The highest BCUT2D eigenvalue weighted by Crippen LogP contribution is 2.32. The predicted molar refractivity (Wildman–Crippen MR) is 92.8 cm³/mol. The molecule has 1 amide bonds. The molecule has 1 fully saturated rings. The molecule has 3 heteroatoms. The second kappa shape index (κ2) is 8.01. The third-order valence-corrected chi connectivity index (χ3v) is 5.26. The molecule has 0 saturated heterocycles. The molecular formula is C17H24INO. The summed E-state index contributed by atoms with van der Waals surface area (Å²) in [6, 6.07) is 7.97. The lowest BCUT2D eigenvalue weighted by Crippen LogP contribution is -2.27. The van der Waals surface area contributed by atoms with Gasteiger partial charge in [0.2, 0.25) is 5.91 Å². The molecule has 2 nitrogen and oxygen atoms in total. The topological polar surface area (TPSA) is 29.1 Å². The zero-order valence-corrected chi connectivity index (χ0v) is 14.4. The fourth-order valence-corrected chi connectivity index (χ4v) is 3.53. The van der Waals surface area contributed by atoms with Crippen LogP contribution < -0.4 is 5.32 Å².